The summed E-state index contributed by atoms with van der Waals surface area (Å²) in [6, 6.07) is 0. The largest absolute Gasteiger partial charge is 0.351 e. The Labute approximate surface area is 105 Å². The minimum Gasteiger partial charge on any atom is -0.351 e. The first-order valence-electron chi connectivity index (χ1n) is 7.08. The molecule has 0 aromatic carbocycles. The summed E-state index contributed by atoms with van der Waals surface area (Å²) in [5.74, 6) is 2.33. The van der Waals surface area contributed by atoms with Crippen LogP contribution in [0.25, 0.3) is 0 Å². The molecule has 4 atom stereocenters. The van der Waals surface area contributed by atoms with E-state index < -0.39 is 0 Å². The summed E-state index contributed by atoms with van der Waals surface area (Å²) in [7, 11) is 0. The SMILES string of the molecule is CCC(=O)N[C@@]12CC(C)CC(CC(CN)C1)C2. The lowest BCUT2D eigenvalue weighted by atomic mass is 9.60. The number of fused-ring (bicyclic) bond motifs is 2. The fourth-order valence-corrected chi connectivity index (χ4v) is 4.21. The zero-order chi connectivity index (χ0) is 12.5. The van der Waals surface area contributed by atoms with E-state index in [1.165, 1.54) is 19.3 Å². The number of rotatable bonds is 3. The third kappa shape index (κ3) is 2.82. The molecule has 2 aliphatic rings. The third-order valence-corrected chi connectivity index (χ3v) is 4.56. The Morgan fingerprint density at radius 3 is 2.76 bits per heavy atom. The van der Waals surface area contributed by atoms with Crippen molar-refractivity contribution in [3.8, 4) is 0 Å². The molecule has 98 valence electrons. The van der Waals surface area contributed by atoms with Crippen molar-refractivity contribution in [1.29, 1.82) is 0 Å². The van der Waals surface area contributed by atoms with Gasteiger partial charge in [0.15, 0.2) is 0 Å². The monoisotopic (exact) mass is 238 g/mol. The minimum atomic E-state index is 0.0672. The molecule has 0 aliphatic heterocycles. The highest BCUT2D eigenvalue weighted by molar-refractivity contribution is 5.76. The lowest BCUT2D eigenvalue weighted by Gasteiger charge is -2.50. The lowest BCUT2D eigenvalue weighted by molar-refractivity contribution is -0.124. The Kier molecular flexibility index (Phi) is 3.76. The summed E-state index contributed by atoms with van der Waals surface area (Å²) in [5, 5.41) is 3.31. The maximum Gasteiger partial charge on any atom is 0.220 e. The van der Waals surface area contributed by atoms with Gasteiger partial charge in [-0.2, -0.15) is 0 Å². The molecule has 0 aromatic rings. The van der Waals surface area contributed by atoms with Crippen molar-refractivity contribution >= 4 is 5.91 Å². The molecule has 3 nitrogen and oxygen atoms in total. The molecule has 2 aliphatic carbocycles. The van der Waals surface area contributed by atoms with Gasteiger partial charge in [-0.3, -0.25) is 4.79 Å². The van der Waals surface area contributed by atoms with Gasteiger partial charge >= 0.3 is 0 Å². The van der Waals surface area contributed by atoms with Gasteiger partial charge in [-0.15, -0.1) is 0 Å². The Morgan fingerprint density at radius 2 is 2.12 bits per heavy atom. The van der Waals surface area contributed by atoms with E-state index in [2.05, 4.69) is 12.2 Å². The molecule has 0 heterocycles. The highest BCUT2D eigenvalue weighted by atomic mass is 16.1. The van der Waals surface area contributed by atoms with Crippen molar-refractivity contribution in [3.63, 3.8) is 0 Å². The number of hydrogen-bond acceptors (Lipinski definition) is 2. The van der Waals surface area contributed by atoms with Crippen LogP contribution >= 0.6 is 0 Å². The molecular weight excluding hydrogens is 212 g/mol. The van der Waals surface area contributed by atoms with Gasteiger partial charge in [0.25, 0.3) is 0 Å². The first-order valence-corrected chi connectivity index (χ1v) is 7.08. The Bertz CT molecular complexity index is 288. The third-order valence-electron chi connectivity index (χ3n) is 4.56. The molecule has 17 heavy (non-hydrogen) atoms. The van der Waals surface area contributed by atoms with Crippen molar-refractivity contribution < 1.29 is 4.79 Å². The normalized spacial score (nSPS) is 41.0. The predicted octanol–water partition coefficient (Wildman–Crippen LogP) is 2.06. The molecule has 0 saturated heterocycles. The zero-order valence-electron chi connectivity index (χ0n) is 11.2. The lowest BCUT2D eigenvalue weighted by Crippen LogP contribution is -2.57. The van der Waals surface area contributed by atoms with Crippen LogP contribution in [-0.4, -0.2) is 18.0 Å². The summed E-state index contributed by atoms with van der Waals surface area (Å²) in [4.78, 5) is 11.7. The van der Waals surface area contributed by atoms with Crippen molar-refractivity contribution in [1.82, 2.24) is 5.32 Å². The number of nitrogens with one attached hydrogen (secondary N) is 1. The van der Waals surface area contributed by atoms with E-state index in [1.54, 1.807) is 0 Å². The summed E-state index contributed by atoms with van der Waals surface area (Å²) >= 11 is 0. The molecule has 0 aromatic heterocycles. The molecule has 3 heteroatoms. The first-order chi connectivity index (χ1) is 8.07. The predicted molar refractivity (Wildman–Crippen MR) is 69.4 cm³/mol. The first kappa shape index (κ1) is 12.9. The minimum absolute atomic E-state index is 0.0672. The van der Waals surface area contributed by atoms with E-state index in [-0.39, 0.29) is 11.4 Å². The van der Waals surface area contributed by atoms with Gasteiger partial charge in [0.1, 0.15) is 0 Å². The van der Waals surface area contributed by atoms with Crippen molar-refractivity contribution in [3.05, 3.63) is 0 Å². The number of nitrogens with two attached hydrogens (primary N) is 1. The van der Waals surface area contributed by atoms with E-state index >= 15 is 0 Å². The fraction of sp³-hybridized carbons (Fsp3) is 0.929. The van der Waals surface area contributed by atoms with Crippen LogP contribution in [0.1, 0.15) is 52.4 Å². The summed E-state index contributed by atoms with van der Waals surface area (Å²) < 4.78 is 0. The summed E-state index contributed by atoms with van der Waals surface area (Å²) in [6.07, 6.45) is 6.60. The van der Waals surface area contributed by atoms with E-state index in [0.29, 0.717) is 12.3 Å². The van der Waals surface area contributed by atoms with Gasteiger partial charge < -0.3 is 11.1 Å². The maximum atomic E-state index is 11.7. The molecule has 0 radical (unpaired) electrons. The Hall–Kier alpha value is -0.570. The van der Waals surface area contributed by atoms with Crippen LogP contribution in [0, 0.1) is 17.8 Å². The fourth-order valence-electron chi connectivity index (χ4n) is 4.21. The van der Waals surface area contributed by atoms with E-state index in [9.17, 15) is 4.79 Å². The van der Waals surface area contributed by atoms with Crippen LogP contribution in [0.5, 0.6) is 0 Å². The summed E-state index contributed by atoms with van der Waals surface area (Å²) in [6.45, 7) is 5.02. The molecule has 0 spiro atoms. The molecular formula is C14H26N2O. The maximum absolute atomic E-state index is 11.7. The van der Waals surface area contributed by atoms with Gasteiger partial charge in [-0.05, 0) is 56.4 Å². The van der Waals surface area contributed by atoms with Crippen molar-refractivity contribution in [2.45, 2.75) is 57.9 Å². The number of carbonyl (C=O) groups excluding carboxylic acids is 1. The average molecular weight is 238 g/mol. The van der Waals surface area contributed by atoms with Crippen LogP contribution in [0.15, 0.2) is 0 Å². The highest BCUT2D eigenvalue weighted by Gasteiger charge is 2.45. The van der Waals surface area contributed by atoms with Crippen LogP contribution in [0.3, 0.4) is 0 Å². The smallest absolute Gasteiger partial charge is 0.220 e. The average Bonchev–Trinajstić information content (AvgIpc) is 2.26. The Morgan fingerprint density at radius 1 is 1.35 bits per heavy atom. The Balaban J connectivity index is 2.12. The van der Waals surface area contributed by atoms with Crippen LogP contribution < -0.4 is 11.1 Å². The van der Waals surface area contributed by atoms with E-state index in [1.807, 2.05) is 6.92 Å². The zero-order valence-corrected chi connectivity index (χ0v) is 11.2. The number of carbonyl (C=O) groups is 1. The topological polar surface area (TPSA) is 55.1 Å². The second kappa shape index (κ2) is 4.97. The molecule has 2 fully saturated rings. The van der Waals surface area contributed by atoms with Gasteiger partial charge in [0.2, 0.25) is 5.91 Å². The van der Waals surface area contributed by atoms with Crippen molar-refractivity contribution in [2.75, 3.05) is 6.54 Å². The number of amides is 1. The number of hydrogen-bond donors (Lipinski definition) is 2. The molecule has 3 N–H and O–H groups in total. The highest BCUT2D eigenvalue weighted by Crippen LogP contribution is 2.47. The molecule has 2 saturated carbocycles. The quantitative estimate of drug-likeness (QED) is 0.790. The van der Waals surface area contributed by atoms with Crippen LogP contribution in [0.4, 0.5) is 0 Å². The van der Waals surface area contributed by atoms with E-state index in [4.69, 9.17) is 5.73 Å². The van der Waals surface area contributed by atoms with Crippen LogP contribution in [-0.2, 0) is 4.79 Å². The molecule has 1 amide bonds. The van der Waals surface area contributed by atoms with Crippen LogP contribution in [0.2, 0.25) is 0 Å². The van der Waals surface area contributed by atoms with Gasteiger partial charge in [0.05, 0.1) is 0 Å². The van der Waals surface area contributed by atoms with Gasteiger partial charge in [-0.25, -0.2) is 0 Å². The molecule has 3 unspecified atom stereocenters. The second-order valence-electron chi connectivity index (χ2n) is 6.34. The molecule has 2 rings (SSSR count). The van der Waals surface area contributed by atoms with Gasteiger partial charge in [0, 0.05) is 12.0 Å². The second-order valence-corrected chi connectivity index (χ2v) is 6.34. The standard InChI is InChI=1S/C14H26N2O/c1-3-13(17)16-14-6-10(2)4-11(7-14)5-12(8-14)9-15/h10-12H,3-9,15H2,1-2H3,(H,16,17)/t10?,11?,12?,14-/m1/s1. The molecule has 2 bridgehead atoms. The van der Waals surface area contributed by atoms with E-state index in [0.717, 1.165) is 31.2 Å². The van der Waals surface area contributed by atoms with Gasteiger partial charge in [-0.1, -0.05) is 13.8 Å². The summed E-state index contributed by atoms with van der Waals surface area (Å²) in [5.41, 5.74) is 5.92. The van der Waals surface area contributed by atoms with Crippen molar-refractivity contribution in [2.24, 2.45) is 23.5 Å².